The number of carbonyl (C=O) groups excluding carboxylic acids is 1. The third kappa shape index (κ3) is 4.27. The van der Waals surface area contributed by atoms with Gasteiger partial charge in [0, 0.05) is 21.7 Å². The van der Waals surface area contributed by atoms with Crippen LogP contribution in [0.1, 0.15) is 23.2 Å². The van der Waals surface area contributed by atoms with E-state index >= 15 is 0 Å². The normalized spacial score (nSPS) is 10.2. The third-order valence-corrected chi connectivity index (χ3v) is 3.22. The summed E-state index contributed by atoms with van der Waals surface area (Å²) in [7, 11) is 0. The number of rotatable bonds is 5. The lowest BCUT2D eigenvalue weighted by Gasteiger charge is -2.06. The van der Waals surface area contributed by atoms with Gasteiger partial charge in [0.05, 0.1) is 5.56 Å². The Kier molecular flexibility index (Phi) is 6.08. The highest BCUT2D eigenvalue weighted by Crippen LogP contribution is 2.17. The Morgan fingerprint density at radius 2 is 2.19 bits per heavy atom. The van der Waals surface area contributed by atoms with Crippen molar-refractivity contribution >= 4 is 40.1 Å². The Balaban J connectivity index is 2.55. The first-order chi connectivity index (χ1) is 7.65. The number of hydrogen-bond donors (Lipinski definition) is 2. The monoisotopic (exact) mass is 353 g/mol. The highest BCUT2D eigenvalue weighted by Gasteiger charge is 2.09. The van der Waals surface area contributed by atoms with Crippen molar-refractivity contribution in [1.29, 1.82) is 0 Å². The van der Waals surface area contributed by atoms with Gasteiger partial charge in [-0.3, -0.25) is 4.79 Å². The molecule has 16 heavy (non-hydrogen) atoms. The molecule has 0 aliphatic heterocycles. The van der Waals surface area contributed by atoms with Crippen LogP contribution in [-0.4, -0.2) is 24.2 Å². The standard InChI is InChI=1S/C11H13ClINO2/c12-8-3-4-10(13)9(7-8)11(16)14-5-1-2-6-15/h3-4,7,15H,1-2,5-6H2,(H,14,16). The van der Waals surface area contributed by atoms with E-state index in [9.17, 15) is 4.79 Å². The number of nitrogens with one attached hydrogen (secondary N) is 1. The maximum Gasteiger partial charge on any atom is 0.252 e. The van der Waals surface area contributed by atoms with Gasteiger partial charge in [-0.1, -0.05) is 11.6 Å². The van der Waals surface area contributed by atoms with Crippen LogP contribution in [-0.2, 0) is 0 Å². The van der Waals surface area contributed by atoms with Crippen molar-refractivity contribution < 1.29 is 9.90 Å². The zero-order valence-electron chi connectivity index (χ0n) is 8.67. The van der Waals surface area contributed by atoms with Crippen LogP contribution < -0.4 is 5.32 Å². The number of aliphatic hydroxyl groups excluding tert-OH is 1. The molecule has 1 aromatic rings. The number of hydrogen-bond acceptors (Lipinski definition) is 2. The largest absolute Gasteiger partial charge is 0.396 e. The summed E-state index contributed by atoms with van der Waals surface area (Å²) in [6.07, 6.45) is 1.48. The van der Waals surface area contributed by atoms with E-state index < -0.39 is 0 Å². The van der Waals surface area contributed by atoms with Crippen LogP contribution >= 0.6 is 34.2 Å². The van der Waals surface area contributed by atoms with Crippen LogP contribution in [0.5, 0.6) is 0 Å². The van der Waals surface area contributed by atoms with Gasteiger partial charge in [0.25, 0.3) is 5.91 Å². The summed E-state index contributed by atoms with van der Waals surface area (Å²) in [5, 5.41) is 11.9. The Morgan fingerprint density at radius 1 is 1.44 bits per heavy atom. The van der Waals surface area contributed by atoms with Gasteiger partial charge in [-0.25, -0.2) is 0 Å². The lowest BCUT2D eigenvalue weighted by molar-refractivity contribution is 0.0951. The fraction of sp³-hybridized carbons (Fsp3) is 0.364. The number of amides is 1. The molecule has 5 heteroatoms. The lowest BCUT2D eigenvalue weighted by Crippen LogP contribution is -2.25. The molecule has 0 aromatic heterocycles. The zero-order valence-corrected chi connectivity index (χ0v) is 11.6. The minimum absolute atomic E-state index is 0.121. The molecule has 88 valence electrons. The summed E-state index contributed by atoms with van der Waals surface area (Å²) in [4.78, 5) is 11.7. The van der Waals surface area contributed by atoms with Gasteiger partial charge >= 0.3 is 0 Å². The smallest absolute Gasteiger partial charge is 0.252 e. The Bertz CT molecular complexity index is 371. The van der Waals surface area contributed by atoms with Crippen LogP contribution in [0.4, 0.5) is 0 Å². The second kappa shape index (κ2) is 7.09. The molecule has 3 nitrogen and oxygen atoms in total. The van der Waals surface area contributed by atoms with Crippen LogP contribution in [0.15, 0.2) is 18.2 Å². The van der Waals surface area contributed by atoms with E-state index in [1.165, 1.54) is 0 Å². The molecule has 1 rings (SSSR count). The van der Waals surface area contributed by atoms with E-state index in [2.05, 4.69) is 27.9 Å². The first-order valence-corrected chi connectivity index (χ1v) is 6.45. The average molecular weight is 354 g/mol. The molecule has 1 aromatic carbocycles. The molecule has 0 heterocycles. The van der Waals surface area contributed by atoms with E-state index in [-0.39, 0.29) is 12.5 Å². The number of unbranched alkanes of at least 4 members (excludes halogenated alkanes) is 1. The van der Waals surface area contributed by atoms with Crippen molar-refractivity contribution in [3.8, 4) is 0 Å². The molecular weight excluding hydrogens is 340 g/mol. The van der Waals surface area contributed by atoms with Gasteiger partial charge in [0.15, 0.2) is 0 Å². The molecule has 0 saturated carbocycles. The second-order valence-electron chi connectivity index (χ2n) is 3.31. The minimum Gasteiger partial charge on any atom is -0.396 e. The summed E-state index contributed by atoms with van der Waals surface area (Å²) in [5.41, 5.74) is 0.595. The summed E-state index contributed by atoms with van der Waals surface area (Å²) in [6, 6.07) is 5.22. The van der Waals surface area contributed by atoms with Crippen molar-refractivity contribution in [2.24, 2.45) is 0 Å². The highest BCUT2D eigenvalue weighted by molar-refractivity contribution is 14.1. The molecule has 0 unspecified atom stereocenters. The molecule has 0 aliphatic rings. The zero-order chi connectivity index (χ0) is 12.0. The fourth-order valence-corrected chi connectivity index (χ4v) is 1.96. The molecule has 0 fully saturated rings. The van der Waals surface area contributed by atoms with E-state index in [1.807, 2.05) is 6.07 Å². The van der Waals surface area contributed by atoms with Gasteiger partial charge in [-0.15, -0.1) is 0 Å². The quantitative estimate of drug-likeness (QED) is 0.631. The van der Waals surface area contributed by atoms with Gasteiger partial charge in [0.2, 0.25) is 0 Å². The Labute approximate surface area is 113 Å². The van der Waals surface area contributed by atoms with Gasteiger partial charge in [-0.05, 0) is 53.6 Å². The van der Waals surface area contributed by atoms with Crippen molar-refractivity contribution in [3.63, 3.8) is 0 Å². The summed E-state index contributed by atoms with van der Waals surface area (Å²) >= 11 is 7.93. The summed E-state index contributed by atoms with van der Waals surface area (Å²) in [5.74, 6) is -0.121. The van der Waals surface area contributed by atoms with Gasteiger partial charge in [-0.2, -0.15) is 0 Å². The van der Waals surface area contributed by atoms with Crippen molar-refractivity contribution in [1.82, 2.24) is 5.32 Å². The Hall–Kier alpha value is -0.330. The highest BCUT2D eigenvalue weighted by atomic mass is 127. The molecule has 0 saturated heterocycles. The number of aliphatic hydroxyl groups is 1. The second-order valence-corrected chi connectivity index (χ2v) is 4.91. The van der Waals surface area contributed by atoms with E-state index in [0.717, 1.165) is 9.99 Å². The average Bonchev–Trinajstić information content (AvgIpc) is 2.27. The van der Waals surface area contributed by atoms with Crippen LogP contribution in [0.2, 0.25) is 5.02 Å². The lowest BCUT2D eigenvalue weighted by atomic mass is 10.2. The predicted molar refractivity (Wildman–Crippen MR) is 72.8 cm³/mol. The molecule has 0 aliphatic carbocycles. The van der Waals surface area contributed by atoms with Crippen LogP contribution in [0.25, 0.3) is 0 Å². The van der Waals surface area contributed by atoms with E-state index in [4.69, 9.17) is 16.7 Å². The Morgan fingerprint density at radius 3 is 2.88 bits per heavy atom. The number of halogens is 2. The van der Waals surface area contributed by atoms with E-state index in [0.29, 0.717) is 23.6 Å². The minimum atomic E-state index is -0.121. The molecule has 0 atom stereocenters. The van der Waals surface area contributed by atoms with Gasteiger partial charge < -0.3 is 10.4 Å². The van der Waals surface area contributed by atoms with Crippen LogP contribution in [0, 0.1) is 3.57 Å². The topological polar surface area (TPSA) is 49.3 Å². The summed E-state index contributed by atoms with van der Waals surface area (Å²) in [6.45, 7) is 0.729. The molecule has 0 radical (unpaired) electrons. The number of benzene rings is 1. The third-order valence-electron chi connectivity index (χ3n) is 2.04. The van der Waals surface area contributed by atoms with Crippen molar-refractivity contribution in [2.75, 3.05) is 13.2 Å². The predicted octanol–water partition coefficient (Wildman–Crippen LogP) is 2.45. The first-order valence-electron chi connectivity index (χ1n) is 4.99. The maximum atomic E-state index is 11.7. The number of carbonyl (C=O) groups is 1. The maximum absolute atomic E-state index is 11.7. The summed E-state index contributed by atoms with van der Waals surface area (Å²) < 4.78 is 0.877. The fourth-order valence-electron chi connectivity index (χ4n) is 1.21. The molecule has 0 spiro atoms. The van der Waals surface area contributed by atoms with Crippen LogP contribution in [0.3, 0.4) is 0 Å². The van der Waals surface area contributed by atoms with E-state index in [1.54, 1.807) is 12.1 Å². The first kappa shape index (κ1) is 13.7. The van der Waals surface area contributed by atoms with Crippen molar-refractivity contribution in [2.45, 2.75) is 12.8 Å². The van der Waals surface area contributed by atoms with Crippen molar-refractivity contribution in [3.05, 3.63) is 32.4 Å². The molecular formula is C11H13ClINO2. The molecule has 1 amide bonds. The SMILES string of the molecule is O=C(NCCCCO)c1cc(Cl)ccc1I. The molecule has 2 N–H and O–H groups in total. The van der Waals surface area contributed by atoms with Gasteiger partial charge in [0.1, 0.15) is 0 Å². The molecule has 0 bridgehead atoms.